The van der Waals surface area contributed by atoms with Gasteiger partial charge in [-0.2, -0.15) is 4.98 Å². The average molecular weight is 323 g/mol. The molecular formula is C15H19F2N5O. The Balaban J connectivity index is 1.58. The summed E-state index contributed by atoms with van der Waals surface area (Å²) in [6.07, 6.45) is -1.19. The van der Waals surface area contributed by atoms with Gasteiger partial charge in [-0.1, -0.05) is 6.07 Å². The van der Waals surface area contributed by atoms with Crippen molar-refractivity contribution < 1.29 is 13.9 Å². The highest BCUT2D eigenvalue weighted by molar-refractivity contribution is 5.29. The number of aliphatic hydroxyl groups excluding tert-OH is 1. The van der Waals surface area contributed by atoms with E-state index in [1.54, 1.807) is 0 Å². The Morgan fingerprint density at radius 1 is 1.22 bits per heavy atom. The fourth-order valence-electron chi connectivity index (χ4n) is 2.77. The number of piperazine rings is 1. The molecule has 1 aliphatic rings. The van der Waals surface area contributed by atoms with E-state index >= 15 is 0 Å². The first-order valence-electron chi connectivity index (χ1n) is 7.53. The van der Waals surface area contributed by atoms with Crippen LogP contribution in [-0.2, 0) is 0 Å². The van der Waals surface area contributed by atoms with E-state index in [0.717, 1.165) is 18.0 Å². The van der Waals surface area contributed by atoms with Crippen LogP contribution >= 0.6 is 0 Å². The lowest BCUT2D eigenvalue weighted by atomic mass is 10.1. The van der Waals surface area contributed by atoms with Crippen LogP contribution in [0.4, 0.5) is 14.7 Å². The van der Waals surface area contributed by atoms with Crippen LogP contribution in [0.1, 0.15) is 17.5 Å². The summed E-state index contributed by atoms with van der Waals surface area (Å²) in [5, 5.41) is 17.1. The molecule has 1 aromatic heterocycles. The van der Waals surface area contributed by atoms with Gasteiger partial charge in [0.25, 0.3) is 0 Å². The van der Waals surface area contributed by atoms with Gasteiger partial charge in [0, 0.05) is 32.7 Å². The number of aryl methyl sites for hydroxylation is 1. The second-order valence-electron chi connectivity index (χ2n) is 5.66. The van der Waals surface area contributed by atoms with E-state index in [1.165, 1.54) is 6.07 Å². The molecule has 1 atom stereocenters. The lowest BCUT2D eigenvalue weighted by molar-refractivity contribution is 0.103. The highest BCUT2D eigenvalue weighted by Crippen LogP contribution is 2.22. The van der Waals surface area contributed by atoms with E-state index in [-0.39, 0.29) is 12.1 Å². The number of aromatic amines is 1. The molecule has 0 bridgehead atoms. The molecule has 3 rings (SSSR count). The lowest BCUT2D eigenvalue weighted by Gasteiger charge is -2.35. The van der Waals surface area contributed by atoms with Crippen molar-refractivity contribution in [1.29, 1.82) is 0 Å². The number of hydrogen-bond acceptors (Lipinski definition) is 5. The van der Waals surface area contributed by atoms with E-state index in [9.17, 15) is 13.9 Å². The van der Waals surface area contributed by atoms with E-state index < -0.39 is 17.7 Å². The van der Waals surface area contributed by atoms with Gasteiger partial charge in [0.15, 0.2) is 0 Å². The summed E-state index contributed by atoms with van der Waals surface area (Å²) in [5.41, 5.74) is -0.264. The summed E-state index contributed by atoms with van der Waals surface area (Å²) in [6.45, 7) is 4.76. The molecule has 23 heavy (non-hydrogen) atoms. The largest absolute Gasteiger partial charge is 0.387 e. The monoisotopic (exact) mass is 323 g/mol. The molecule has 124 valence electrons. The minimum Gasteiger partial charge on any atom is -0.387 e. The fourth-order valence-corrected chi connectivity index (χ4v) is 2.77. The van der Waals surface area contributed by atoms with Crippen molar-refractivity contribution in [1.82, 2.24) is 20.1 Å². The number of halogens is 2. The maximum Gasteiger partial charge on any atom is 0.244 e. The molecule has 2 aromatic rings. The van der Waals surface area contributed by atoms with E-state index in [4.69, 9.17) is 0 Å². The van der Waals surface area contributed by atoms with Gasteiger partial charge < -0.3 is 10.0 Å². The molecule has 2 N–H and O–H groups in total. The highest BCUT2D eigenvalue weighted by Gasteiger charge is 2.24. The average Bonchev–Trinajstić information content (AvgIpc) is 2.94. The molecule has 0 aliphatic carbocycles. The third-order valence-electron chi connectivity index (χ3n) is 4.00. The first-order valence-corrected chi connectivity index (χ1v) is 7.53. The van der Waals surface area contributed by atoms with Crippen LogP contribution in [0.3, 0.4) is 0 Å². The van der Waals surface area contributed by atoms with Gasteiger partial charge in [-0.3, -0.25) is 10.00 Å². The number of aliphatic hydroxyl groups is 1. The molecule has 8 heteroatoms. The van der Waals surface area contributed by atoms with Crippen molar-refractivity contribution >= 4 is 5.95 Å². The van der Waals surface area contributed by atoms with Gasteiger partial charge in [-0.05, 0) is 19.1 Å². The summed E-state index contributed by atoms with van der Waals surface area (Å²) in [4.78, 5) is 8.30. The Morgan fingerprint density at radius 3 is 2.43 bits per heavy atom. The molecule has 1 saturated heterocycles. The summed E-state index contributed by atoms with van der Waals surface area (Å²) in [6, 6.07) is 3.61. The Hall–Kier alpha value is -2.06. The zero-order valence-electron chi connectivity index (χ0n) is 12.8. The molecule has 1 fully saturated rings. The molecule has 0 radical (unpaired) electrons. The zero-order valence-corrected chi connectivity index (χ0v) is 12.8. The van der Waals surface area contributed by atoms with E-state index in [1.807, 2.05) is 16.7 Å². The lowest BCUT2D eigenvalue weighted by Crippen LogP contribution is -2.48. The normalized spacial score (nSPS) is 17.5. The molecule has 6 nitrogen and oxygen atoms in total. The molecule has 0 saturated carbocycles. The second kappa shape index (κ2) is 6.59. The van der Waals surface area contributed by atoms with Crippen LogP contribution in [-0.4, -0.2) is 57.9 Å². The van der Waals surface area contributed by atoms with Crippen molar-refractivity contribution in [3.8, 4) is 0 Å². The fraction of sp³-hybridized carbons (Fsp3) is 0.467. The van der Waals surface area contributed by atoms with Crippen LogP contribution in [0, 0.1) is 18.6 Å². The molecule has 1 aromatic carbocycles. The third kappa shape index (κ3) is 3.48. The molecule has 0 spiro atoms. The van der Waals surface area contributed by atoms with E-state index in [0.29, 0.717) is 32.1 Å². The number of H-pyrrole nitrogens is 1. The number of hydrogen-bond donors (Lipinski definition) is 2. The van der Waals surface area contributed by atoms with Gasteiger partial charge in [-0.25, -0.2) is 8.78 Å². The van der Waals surface area contributed by atoms with E-state index in [2.05, 4.69) is 15.2 Å². The van der Waals surface area contributed by atoms with Crippen molar-refractivity contribution in [2.45, 2.75) is 13.0 Å². The van der Waals surface area contributed by atoms with Crippen LogP contribution in [0.15, 0.2) is 18.2 Å². The maximum atomic E-state index is 13.7. The van der Waals surface area contributed by atoms with Crippen LogP contribution < -0.4 is 4.90 Å². The predicted octanol–water partition coefficient (Wildman–Crippen LogP) is 1.25. The van der Waals surface area contributed by atoms with Crippen LogP contribution in [0.5, 0.6) is 0 Å². The Kier molecular flexibility index (Phi) is 4.53. The van der Waals surface area contributed by atoms with Crippen molar-refractivity contribution in [3.63, 3.8) is 0 Å². The van der Waals surface area contributed by atoms with Gasteiger partial charge in [0.05, 0.1) is 11.7 Å². The molecule has 1 aliphatic heterocycles. The smallest absolute Gasteiger partial charge is 0.244 e. The second-order valence-corrected chi connectivity index (χ2v) is 5.66. The quantitative estimate of drug-likeness (QED) is 0.886. The number of rotatable bonds is 4. The number of β-amino-alcohol motifs (C(OH)–C–C–N with tert-alkyl or cyclic N) is 1. The van der Waals surface area contributed by atoms with Gasteiger partial charge in [0.2, 0.25) is 5.95 Å². The first kappa shape index (κ1) is 15.8. The first-order chi connectivity index (χ1) is 11.0. The van der Waals surface area contributed by atoms with Crippen molar-refractivity contribution in [3.05, 3.63) is 41.2 Å². The summed E-state index contributed by atoms with van der Waals surface area (Å²) in [7, 11) is 0. The highest BCUT2D eigenvalue weighted by atomic mass is 19.1. The Morgan fingerprint density at radius 2 is 1.87 bits per heavy atom. The van der Waals surface area contributed by atoms with Crippen LogP contribution in [0.25, 0.3) is 0 Å². The summed E-state index contributed by atoms with van der Waals surface area (Å²) < 4.78 is 27.4. The predicted molar refractivity (Wildman–Crippen MR) is 81.1 cm³/mol. The molecule has 2 heterocycles. The third-order valence-corrected chi connectivity index (χ3v) is 4.00. The maximum absolute atomic E-state index is 13.7. The topological polar surface area (TPSA) is 68.3 Å². The van der Waals surface area contributed by atoms with Gasteiger partial charge in [0.1, 0.15) is 17.5 Å². The molecule has 1 unspecified atom stereocenters. The number of benzene rings is 1. The summed E-state index contributed by atoms with van der Waals surface area (Å²) in [5.74, 6) is -0.0182. The SMILES string of the molecule is Cc1nc(N2CCN(CC(O)c3c(F)cccc3F)CC2)n[nH]1. The number of anilines is 1. The molecular weight excluding hydrogens is 304 g/mol. The number of aromatic nitrogens is 3. The van der Waals surface area contributed by atoms with Crippen molar-refractivity contribution in [2.24, 2.45) is 0 Å². The molecule has 0 amide bonds. The number of nitrogens with one attached hydrogen (secondary N) is 1. The summed E-state index contributed by atoms with van der Waals surface area (Å²) >= 11 is 0. The zero-order chi connectivity index (χ0) is 16.4. The van der Waals surface area contributed by atoms with Crippen molar-refractivity contribution in [2.75, 3.05) is 37.6 Å². The van der Waals surface area contributed by atoms with Gasteiger partial charge in [-0.15, -0.1) is 5.10 Å². The Bertz CT molecular complexity index is 649. The standard InChI is InChI=1S/C15H19F2N5O/c1-10-18-15(20-19-10)22-7-5-21(6-8-22)9-13(23)14-11(16)3-2-4-12(14)17/h2-4,13,23H,5-9H2,1H3,(H,18,19,20). The minimum atomic E-state index is -1.19. The van der Waals surface area contributed by atoms with Crippen LogP contribution in [0.2, 0.25) is 0 Å². The minimum absolute atomic E-state index is 0.193. The Labute approximate surface area is 132 Å². The number of nitrogens with zero attached hydrogens (tertiary/aromatic N) is 4. The van der Waals surface area contributed by atoms with Gasteiger partial charge >= 0.3 is 0 Å².